The molecular weight excluding hydrogens is 230 g/mol. The van der Waals surface area contributed by atoms with Crippen LogP contribution >= 0.6 is 21.6 Å². The first-order valence-corrected chi connectivity index (χ1v) is 6.92. The quantitative estimate of drug-likeness (QED) is 0.778. The van der Waals surface area contributed by atoms with Crippen molar-refractivity contribution in [1.82, 2.24) is 4.98 Å². The Balaban J connectivity index is 2.43. The Labute approximate surface area is 97.1 Å². The lowest BCUT2D eigenvalue weighted by Crippen LogP contribution is -2.14. The van der Waals surface area contributed by atoms with E-state index in [9.17, 15) is 4.79 Å². The molecule has 5 heteroatoms. The van der Waals surface area contributed by atoms with Gasteiger partial charge in [-0.1, -0.05) is 30.2 Å². The third kappa shape index (κ3) is 4.57. The predicted molar refractivity (Wildman–Crippen MR) is 64.0 cm³/mol. The predicted octanol–water partition coefficient (Wildman–Crippen LogP) is 3.08. The Morgan fingerprint density at radius 1 is 1.60 bits per heavy atom. The van der Waals surface area contributed by atoms with E-state index in [0.717, 1.165) is 11.4 Å². The van der Waals surface area contributed by atoms with E-state index in [-0.39, 0.29) is 5.25 Å². The van der Waals surface area contributed by atoms with Crippen molar-refractivity contribution in [3.8, 4) is 0 Å². The van der Waals surface area contributed by atoms with Gasteiger partial charge < -0.3 is 5.11 Å². The van der Waals surface area contributed by atoms with Crippen molar-refractivity contribution in [2.45, 2.75) is 30.0 Å². The molecule has 1 aromatic heterocycles. The molecule has 0 spiro atoms. The fourth-order valence-corrected chi connectivity index (χ4v) is 3.32. The van der Waals surface area contributed by atoms with Gasteiger partial charge in [-0.25, -0.2) is 4.98 Å². The second-order valence-electron chi connectivity index (χ2n) is 2.96. The summed E-state index contributed by atoms with van der Waals surface area (Å²) in [5, 5.41) is 9.43. The standard InChI is InChI=1S/C10H13NO2S2/c1-2-5-8(10(12)13)14-15-9-6-3-4-7-11-9/h3-4,6-8H,2,5H2,1H3,(H,12,13). The summed E-state index contributed by atoms with van der Waals surface area (Å²) in [5.41, 5.74) is 0. The fourth-order valence-electron chi connectivity index (χ4n) is 0.979. The first kappa shape index (κ1) is 12.4. The lowest BCUT2D eigenvalue weighted by Gasteiger charge is -2.08. The number of hydrogen-bond acceptors (Lipinski definition) is 4. The summed E-state index contributed by atoms with van der Waals surface area (Å²) in [5.74, 6) is -0.745. The van der Waals surface area contributed by atoms with Crippen molar-refractivity contribution in [2.75, 3.05) is 0 Å². The zero-order valence-electron chi connectivity index (χ0n) is 8.42. The molecule has 1 N–H and O–H groups in total. The highest BCUT2D eigenvalue weighted by molar-refractivity contribution is 8.77. The number of aliphatic carboxylic acids is 1. The fraction of sp³-hybridized carbons (Fsp3) is 0.400. The zero-order valence-corrected chi connectivity index (χ0v) is 10.1. The van der Waals surface area contributed by atoms with E-state index in [1.54, 1.807) is 6.20 Å². The van der Waals surface area contributed by atoms with E-state index in [0.29, 0.717) is 6.42 Å². The van der Waals surface area contributed by atoms with Gasteiger partial charge in [-0.15, -0.1) is 0 Å². The molecule has 0 amide bonds. The van der Waals surface area contributed by atoms with Crippen LogP contribution in [-0.4, -0.2) is 21.3 Å². The van der Waals surface area contributed by atoms with E-state index in [4.69, 9.17) is 5.11 Å². The lowest BCUT2D eigenvalue weighted by molar-refractivity contribution is -0.136. The van der Waals surface area contributed by atoms with Gasteiger partial charge in [-0.3, -0.25) is 4.79 Å². The van der Waals surface area contributed by atoms with Crippen molar-refractivity contribution >= 4 is 27.6 Å². The third-order valence-electron chi connectivity index (χ3n) is 1.71. The molecule has 1 heterocycles. The molecule has 82 valence electrons. The number of aromatic nitrogens is 1. The van der Waals surface area contributed by atoms with E-state index in [1.807, 2.05) is 25.1 Å². The van der Waals surface area contributed by atoms with Gasteiger partial charge in [0.2, 0.25) is 0 Å². The SMILES string of the molecule is CCCC(SSc1ccccn1)C(=O)O. The summed E-state index contributed by atoms with van der Waals surface area (Å²) in [7, 11) is 2.78. The highest BCUT2D eigenvalue weighted by Gasteiger charge is 2.17. The van der Waals surface area contributed by atoms with Gasteiger partial charge in [0.05, 0.1) is 0 Å². The van der Waals surface area contributed by atoms with Crippen LogP contribution in [0.5, 0.6) is 0 Å². The highest BCUT2D eigenvalue weighted by Crippen LogP contribution is 2.34. The maximum Gasteiger partial charge on any atom is 0.317 e. The van der Waals surface area contributed by atoms with Gasteiger partial charge in [0.25, 0.3) is 0 Å². The average molecular weight is 243 g/mol. The highest BCUT2D eigenvalue weighted by atomic mass is 33.1. The number of carbonyl (C=O) groups is 1. The molecular formula is C10H13NO2S2. The smallest absolute Gasteiger partial charge is 0.317 e. The molecule has 0 aliphatic carbocycles. The molecule has 1 aromatic rings. The number of rotatable bonds is 6. The zero-order chi connectivity index (χ0) is 11.1. The van der Waals surface area contributed by atoms with Crippen molar-refractivity contribution in [3.05, 3.63) is 24.4 Å². The van der Waals surface area contributed by atoms with E-state index >= 15 is 0 Å². The number of pyridine rings is 1. The Bertz CT molecular complexity index is 306. The molecule has 1 rings (SSSR count). The summed E-state index contributed by atoms with van der Waals surface area (Å²) in [6, 6.07) is 5.61. The second kappa shape index (κ2) is 6.74. The van der Waals surface area contributed by atoms with Crippen LogP contribution in [0.15, 0.2) is 29.4 Å². The summed E-state index contributed by atoms with van der Waals surface area (Å²) in [6.45, 7) is 1.99. The Morgan fingerprint density at radius 3 is 2.93 bits per heavy atom. The minimum Gasteiger partial charge on any atom is -0.480 e. The minimum absolute atomic E-state index is 0.345. The molecule has 3 nitrogen and oxygen atoms in total. The topological polar surface area (TPSA) is 50.2 Å². The average Bonchev–Trinajstić information content (AvgIpc) is 2.25. The molecule has 0 saturated carbocycles. The van der Waals surface area contributed by atoms with E-state index in [2.05, 4.69) is 4.98 Å². The largest absolute Gasteiger partial charge is 0.480 e. The van der Waals surface area contributed by atoms with Crippen molar-refractivity contribution in [3.63, 3.8) is 0 Å². The normalized spacial score (nSPS) is 12.3. The van der Waals surface area contributed by atoms with Crippen LogP contribution in [0.25, 0.3) is 0 Å². The molecule has 0 aliphatic rings. The van der Waals surface area contributed by atoms with Crippen LogP contribution in [0, 0.1) is 0 Å². The van der Waals surface area contributed by atoms with Crippen LogP contribution in [0.2, 0.25) is 0 Å². The van der Waals surface area contributed by atoms with Gasteiger partial charge in [0.15, 0.2) is 0 Å². The molecule has 1 atom stereocenters. The van der Waals surface area contributed by atoms with Crippen molar-refractivity contribution in [2.24, 2.45) is 0 Å². The van der Waals surface area contributed by atoms with Crippen LogP contribution in [0.3, 0.4) is 0 Å². The van der Waals surface area contributed by atoms with E-state index < -0.39 is 5.97 Å². The molecule has 0 bridgehead atoms. The molecule has 0 aromatic carbocycles. The van der Waals surface area contributed by atoms with Crippen LogP contribution < -0.4 is 0 Å². The van der Waals surface area contributed by atoms with Crippen molar-refractivity contribution < 1.29 is 9.90 Å². The monoisotopic (exact) mass is 243 g/mol. The molecule has 0 fully saturated rings. The Hall–Kier alpha value is -0.680. The van der Waals surface area contributed by atoms with Gasteiger partial charge in [-0.05, 0) is 29.3 Å². The van der Waals surface area contributed by atoms with Crippen LogP contribution in [0.4, 0.5) is 0 Å². The summed E-state index contributed by atoms with van der Waals surface area (Å²) in [6.07, 6.45) is 3.28. The number of nitrogens with zero attached hydrogens (tertiary/aromatic N) is 1. The molecule has 1 unspecified atom stereocenters. The van der Waals surface area contributed by atoms with Crippen LogP contribution in [0.1, 0.15) is 19.8 Å². The van der Waals surface area contributed by atoms with Crippen molar-refractivity contribution in [1.29, 1.82) is 0 Å². The van der Waals surface area contributed by atoms with Gasteiger partial charge in [0.1, 0.15) is 10.3 Å². The maximum absolute atomic E-state index is 10.9. The first-order chi connectivity index (χ1) is 7.24. The molecule has 0 radical (unpaired) electrons. The Morgan fingerprint density at radius 2 is 2.40 bits per heavy atom. The number of hydrogen-bond donors (Lipinski definition) is 1. The second-order valence-corrected chi connectivity index (χ2v) is 5.39. The first-order valence-electron chi connectivity index (χ1n) is 4.71. The molecule has 15 heavy (non-hydrogen) atoms. The van der Waals surface area contributed by atoms with Gasteiger partial charge in [0, 0.05) is 6.20 Å². The number of carboxylic acid groups (broad SMARTS) is 1. The van der Waals surface area contributed by atoms with E-state index in [1.165, 1.54) is 21.6 Å². The van der Waals surface area contributed by atoms with Gasteiger partial charge >= 0.3 is 5.97 Å². The minimum atomic E-state index is -0.745. The molecule has 0 saturated heterocycles. The van der Waals surface area contributed by atoms with Gasteiger partial charge in [-0.2, -0.15) is 0 Å². The summed E-state index contributed by atoms with van der Waals surface area (Å²) < 4.78 is 0. The summed E-state index contributed by atoms with van der Waals surface area (Å²) in [4.78, 5) is 15.0. The number of carboxylic acids is 1. The summed E-state index contributed by atoms with van der Waals surface area (Å²) >= 11 is 0. The molecule has 0 aliphatic heterocycles. The lowest BCUT2D eigenvalue weighted by atomic mass is 10.2. The van der Waals surface area contributed by atoms with Crippen LogP contribution in [-0.2, 0) is 4.79 Å². The maximum atomic E-state index is 10.9. The Kier molecular flexibility index (Phi) is 5.57. The third-order valence-corrected chi connectivity index (χ3v) is 4.39.